The highest BCUT2D eigenvalue weighted by Crippen LogP contribution is 2.43. The molecule has 37 heavy (non-hydrogen) atoms. The first-order chi connectivity index (χ1) is 18.0. The van der Waals surface area contributed by atoms with Crippen LogP contribution in [0.1, 0.15) is 34.3 Å². The first-order valence-corrected chi connectivity index (χ1v) is 11.9. The van der Waals surface area contributed by atoms with Crippen LogP contribution in [0.2, 0.25) is 0 Å². The molecule has 0 bridgehead atoms. The lowest BCUT2D eigenvalue weighted by molar-refractivity contribution is -0.121. The zero-order chi connectivity index (χ0) is 25.8. The molecule has 0 aliphatic heterocycles. The number of anilines is 1. The Morgan fingerprint density at radius 3 is 2.46 bits per heavy atom. The predicted molar refractivity (Wildman–Crippen MR) is 139 cm³/mol. The third-order valence-corrected chi connectivity index (χ3v) is 6.19. The second-order valence-corrected chi connectivity index (χ2v) is 8.57. The van der Waals surface area contributed by atoms with Gasteiger partial charge in [-0.3, -0.25) is 20.1 Å². The van der Waals surface area contributed by atoms with Crippen LogP contribution in [-0.2, 0) is 11.2 Å². The molecule has 0 fully saturated rings. The van der Waals surface area contributed by atoms with Gasteiger partial charge in [0.05, 0.1) is 29.6 Å². The lowest BCUT2D eigenvalue weighted by Gasteiger charge is -2.12. The number of nitrogens with zero attached hydrogens (tertiary/aromatic N) is 1. The molecule has 9 heteroatoms. The number of nitrogens with one attached hydrogen (secondary N) is 4. The van der Waals surface area contributed by atoms with Crippen LogP contribution < -0.4 is 20.9 Å². The first-order valence-electron chi connectivity index (χ1n) is 11.9. The van der Waals surface area contributed by atoms with Gasteiger partial charge >= 0.3 is 6.03 Å². The van der Waals surface area contributed by atoms with Gasteiger partial charge in [-0.15, -0.1) is 0 Å². The van der Waals surface area contributed by atoms with E-state index in [2.05, 4.69) is 26.4 Å². The molecule has 0 spiro atoms. The smallest absolute Gasteiger partial charge is 0.337 e. The van der Waals surface area contributed by atoms with Gasteiger partial charge in [0.15, 0.2) is 5.78 Å². The molecule has 0 saturated carbocycles. The van der Waals surface area contributed by atoms with E-state index in [1.165, 1.54) is 0 Å². The molecule has 1 aliphatic rings. The summed E-state index contributed by atoms with van der Waals surface area (Å²) in [6, 6.07) is 21.7. The number of hydrogen-bond acceptors (Lipinski definition) is 5. The van der Waals surface area contributed by atoms with E-state index in [9.17, 15) is 14.4 Å². The molecule has 1 aromatic heterocycles. The van der Waals surface area contributed by atoms with E-state index >= 15 is 0 Å². The minimum atomic E-state index is -0.654. The van der Waals surface area contributed by atoms with Crippen molar-refractivity contribution in [1.29, 1.82) is 0 Å². The molecule has 4 aromatic rings. The van der Waals surface area contributed by atoms with Crippen molar-refractivity contribution in [2.45, 2.75) is 19.3 Å². The molecular formula is C28H25N5O4. The Balaban J connectivity index is 1.23. The Kier molecular flexibility index (Phi) is 6.67. The number of aryl methyl sites for hydroxylation is 1. The van der Waals surface area contributed by atoms with Crippen molar-refractivity contribution in [2.24, 2.45) is 0 Å². The van der Waals surface area contributed by atoms with E-state index in [-0.39, 0.29) is 18.1 Å². The number of rotatable bonds is 7. The van der Waals surface area contributed by atoms with Crippen molar-refractivity contribution in [2.75, 3.05) is 12.4 Å². The number of aromatic amines is 1. The van der Waals surface area contributed by atoms with Crippen molar-refractivity contribution in [3.8, 4) is 28.3 Å². The van der Waals surface area contributed by atoms with Crippen LogP contribution in [0.15, 0.2) is 72.8 Å². The standard InChI is InChI=1S/C28H25N5O4/c1-37-19-15-13-18(14-16-19)25-24-26(32-31-25)20-10-6-11-21(23(20)27(24)35)29-28(36)33-30-22(34)12-5-9-17-7-3-2-4-8-17/h2-4,6-8,10-11,13-16H,5,9,12H2,1H3,(H,30,34)(H,31,32)(H2,29,33,36). The van der Waals surface area contributed by atoms with Crippen LogP contribution in [0.4, 0.5) is 10.5 Å². The molecule has 3 amide bonds. The molecule has 3 aromatic carbocycles. The van der Waals surface area contributed by atoms with E-state index in [1.54, 1.807) is 25.3 Å². The monoisotopic (exact) mass is 495 g/mol. The zero-order valence-electron chi connectivity index (χ0n) is 20.1. The fourth-order valence-electron chi connectivity index (χ4n) is 4.39. The highest BCUT2D eigenvalue weighted by Gasteiger charge is 2.35. The van der Waals surface area contributed by atoms with E-state index in [1.807, 2.05) is 54.6 Å². The van der Waals surface area contributed by atoms with Gasteiger partial charge < -0.3 is 10.1 Å². The molecule has 0 atom stereocenters. The number of ether oxygens (including phenoxy) is 1. The number of carbonyl (C=O) groups is 3. The Bertz CT molecular complexity index is 1460. The Hall–Kier alpha value is -4.92. The second-order valence-electron chi connectivity index (χ2n) is 8.57. The van der Waals surface area contributed by atoms with Crippen molar-refractivity contribution in [3.63, 3.8) is 0 Å². The number of aromatic nitrogens is 2. The minimum Gasteiger partial charge on any atom is -0.497 e. The predicted octanol–water partition coefficient (Wildman–Crippen LogP) is 4.47. The van der Waals surface area contributed by atoms with Gasteiger partial charge in [-0.2, -0.15) is 5.10 Å². The third-order valence-electron chi connectivity index (χ3n) is 6.19. The number of methoxy groups -OCH3 is 1. The van der Waals surface area contributed by atoms with Crippen LogP contribution in [0.25, 0.3) is 22.5 Å². The molecule has 0 radical (unpaired) electrons. The number of hydrogen-bond donors (Lipinski definition) is 4. The Morgan fingerprint density at radius 1 is 0.919 bits per heavy atom. The van der Waals surface area contributed by atoms with Crippen LogP contribution in [0, 0.1) is 0 Å². The van der Waals surface area contributed by atoms with Crippen LogP contribution in [0.3, 0.4) is 0 Å². The number of ketones is 1. The summed E-state index contributed by atoms with van der Waals surface area (Å²) in [7, 11) is 1.59. The highest BCUT2D eigenvalue weighted by molar-refractivity contribution is 6.26. The first kappa shape index (κ1) is 23.8. The third kappa shape index (κ3) is 4.92. The maximum absolute atomic E-state index is 13.4. The van der Waals surface area contributed by atoms with E-state index in [0.717, 1.165) is 17.5 Å². The fraction of sp³-hybridized carbons (Fsp3) is 0.143. The van der Waals surface area contributed by atoms with E-state index < -0.39 is 6.03 Å². The maximum Gasteiger partial charge on any atom is 0.337 e. The number of amides is 3. The number of carbonyl (C=O) groups excluding carboxylic acids is 3. The summed E-state index contributed by atoms with van der Waals surface area (Å²) in [4.78, 5) is 38.1. The fourth-order valence-corrected chi connectivity index (χ4v) is 4.39. The minimum absolute atomic E-state index is 0.245. The molecule has 5 rings (SSSR count). The number of urea groups is 1. The molecule has 9 nitrogen and oxygen atoms in total. The summed E-state index contributed by atoms with van der Waals surface area (Å²) in [5, 5.41) is 10.0. The molecule has 186 valence electrons. The number of hydrazine groups is 1. The van der Waals surface area contributed by atoms with E-state index in [0.29, 0.717) is 45.9 Å². The summed E-state index contributed by atoms with van der Waals surface area (Å²) in [6.07, 6.45) is 1.69. The molecule has 4 N–H and O–H groups in total. The topological polar surface area (TPSA) is 125 Å². The molecule has 1 heterocycles. The van der Waals surface area contributed by atoms with Crippen LogP contribution in [-0.4, -0.2) is 35.0 Å². The average Bonchev–Trinajstić information content (AvgIpc) is 3.48. The van der Waals surface area contributed by atoms with Crippen molar-refractivity contribution in [3.05, 3.63) is 89.5 Å². The van der Waals surface area contributed by atoms with Crippen LogP contribution >= 0.6 is 0 Å². The summed E-state index contributed by atoms with van der Waals surface area (Å²) >= 11 is 0. The summed E-state index contributed by atoms with van der Waals surface area (Å²) < 4.78 is 5.21. The SMILES string of the molecule is COc1ccc(-c2[nH]nc3c2C(=O)c2c(NC(=O)NNC(=O)CCCc4ccccc4)cccc2-3)cc1. The maximum atomic E-state index is 13.4. The Morgan fingerprint density at radius 2 is 1.70 bits per heavy atom. The lowest BCUT2D eigenvalue weighted by Crippen LogP contribution is -2.44. The largest absolute Gasteiger partial charge is 0.497 e. The quantitative estimate of drug-likeness (QED) is 0.248. The van der Waals surface area contributed by atoms with Crippen molar-refractivity contribution in [1.82, 2.24) is 21.0 Å². The second kappa shape index (κ2) is 10.4. The zero-order valence-corrected chi connectivity index (χ0v) is 20.1. The average molecular weight is 496 g/mol. The van der Waals surface area contributed by atoms with Gasteiger partial charge in [0.2, 0.25) is 5.91 Å². The van der Waals surface area contributed by atoms with Crippen molar-refractivity contribution >= 4 is 23.4 Å². The summed E-state index contributed by atoms with van der Waals surface area (Å²) in [5.41, 5.74) is 9.58. The summed E-state index contributed by atoms with van der Waals surface area (Å²) in [5.74, 6) is 0.158. The number of benzene rings is 3. The van der Waals surface area contributed by atoms with Gasteiger partial charge in [-0.25, -0.2) is 10.2 Å². The Labute approximate surface area is 213 Å². The van der Waals surface area contributed by atoms with Gasteiger partial charge in [0, 0.05) is 17.5 Å². The molecular weight excluding hydrogens is 470 g/mol. The van der Waals surface area contributed by atoms with Crippen LogP contribution in [0.5, 0.6) is 5.75 Å². The van der Waals surface area contributed by atoms with Crippen molar-refractivity contribution < 1.29 is 19.1 Å². The molecule has 0 saturated heterocycles. The van der Waals surface area contributed by atoms with Gasteiger partial charge in [-0.1, -0.05) is 42.5 Å². The molecule has 1 aliphatic carbocycles. The normalized spacial score (nSPS) is 11.4. The molecule has 0 unspecified atom stereocenters. The van der Waals surface area contributed by atoms with Gasteiger partial charge in [-0.05, 0) is 48.7 Å². The van der Waals surface area contributed by atoms with Gasteiger partial charge in [0.1, 0.15) is 11.4 Å². The summed E-state index contributed by atoms with van der Waals surface area (Å²) in [6.45, 7) is 0. The number of fused-ring (bicyclic) bond motifs is 3. The lowest BCUT2D eigenvalue weighted by atomic mass is 10.0. The van der Waals surface area contributed by atoms with E-state index in [4.69, 9.17) is 4.74 Å². The highest BCUT2D eigenvalue weighted by atomic mass is 16.5. The number of H-pyrrole nitrogens is 1. The van der Waals surface area contributed by atoms with Gasteiger partial charge in [0.25, 0.3) is 0 Å².